The maximum absolute atomic E-state index is 12.4. The molecule has 1 amide bonds. The van der Waals surface area contributed by atoms with Crippen LogP contribution in [0.4, 0.5) is 0 Å². The van der Waals surface area contributed by atoms with Crippen LogP contribution in [0.25, 0.3) is 0 Å². The van der Waals surface area contributed by atoms with Crippen molar-refractivity contribution in [2.45, 2.75) is 13.2 Å². The van der Waals surface area contributed by atoms with Crippen LogP contribution >= 0.6 is 11.6 Å². The molecule has 1 fully saturated rings. The van der Waals surface area contributed by atoms with Crippen LogP contribution in [-0.4, -0.2) is 53.6 Å². The standard InChI is InChI=1S/C20H23ClN2O3/c21-18-7-5-16(6-8-18)13-22-9-11-23(12-10-22)20(25)15-26-19-4-2-1-3-17(19)14-24/h1-8,24H,9-15H2. The topological polar surface area (TPSA) is 53.0 Å². The Hall–Kier alpha value is -2.08. The van der Waals surface area contributed by atoms with E-state index in [0.717, 1.165) is 24.7 Å². The Bertz CT molecular complexity index is 728. The fraction of sp³-hybridized carbons (Fsp3) is 0.350. The molecule has 0 radical (unpaired) electrons. The van der Waals surface area contributed by atoms with Crippen molar-refractivity contribution in [3.63, 3.8) is 0 Å². The zero-order chi connectivity index (χ0) is 18.4. The molecule has 26 heavy (non-hydrogen) atoms. The lowest BCUT2D eigenvalue weighted by molar-refractivity contribution is -0.135. The first-order chi connectivity index (χ1) is 12.7. The average Bonchev–Trinajstić information content (AvgIpc) is 2.68. The SMILES string of the molecule is O=C(COc1ccccc1CO)N1CCN(Cc2ccc(Cl)cc2)CC1. The Morgan fingerprint density at radius 1 is 1.04 bits per heavy atom. The first-order valence-corrected chi connectivity index (χ1v) is 9.09. The Morgan fingerprint density at radius 3 is 2.42 bits per heavy atom. The fourth-order valence-corrected chi connectivity index (χ4v) is 3.14. The van der Waals surface area contributed by atoms with Gasteiger partial charge in [-0.25, -0.2) is 0 Å². The fourth-order valence-electron chi connectivity index (χ4n) is 3.01. The summed E-state index contributed by atoms with van der Waals surface area (Å²) in [5.74, 6) is 0.536. The quantitative estimate of drug-likeness (QED) is 0.844. The molecule has 1 aliphatic heterocycles. The number of aliphatic hydroxyl groups is 1. The number of hydrogen-bond donors (Lipinski definition) is 1. The summed E-state index contributed by atoms with van der Waals surface area (Å²) in [6.45, 7) is 3.81. The van der Waals surface area contributed by atoms with Crippen LogP contribution in [0.3, 0.4) is 0 Å². The largest absolute Gasteiger partial charge is 0.483 e. The lowest BCUT2D eigenvalue weighted by Crippen LogP contribution is -2.49. The third kappa shape index (κ3) is 4.97. The number of halogens is 1. The van der Waals surface area contributed by atoms with E-state index in [9.17, 15) is 9.90 Å². The molecular formula is C20H23ClN2O3. The molecule has 3 rings (SSSR count). The highest BCUT2D eigenvalue weighted by Gasteiger charge is 2.21. The van der Waals surface area contributed by atoms with E-state index in [1.54, 1.807) is 12.1 Å². The van der Waals surface area contributed by atoms with Crippen LogP contribution < -0.4 is 4.74 Å². The van der Waals surface area contributed by atoms with E-state index in [0.29, 0.717) is 24.4 Å². The second-order valence-electron chi connectivity index (χ2n) is 6.34. The molecular weight excluding hydrogens is 352 g/mol. The smallest absolute Gasteiger partial charge is 0.260 e. The van der Waals surface area contributed by atoms with Gasteiger partial charge in [0.2, 0.25) is 0 Å². The molecule has 2 aromatic carbocycles. The normalized spacial score (nSPS) is 15.1. The van der Waals surface area contributed by atoms with E-state index in [-0.39, 0.29) is 19.1 Å². The van der Waals surface area contributed by atoms with Gasteiger partial charge < -0.3 is 14.7 Å². The summed E-state index contributed by atoms with van der Waals surface area (Å²) in [5.41, 5.74) is 1.91. The number of amides is 1. The number of nitrogens with zero attached hydrogens (tertiary/aromatic N) is 2. The van der Waals surface area contributed by atoms with Gasteiger partial charge >= 0.3 is 0 Å². The molecule has 1 heterocycles. The van der Waals surface area contributed by atoms with Crippen LogP contribution in [0.2, 0.25) is 5.02 Å². The molecule has 0 spiro atoms. The maximum atomic E-state index is 12.4. The molecule has 1 aliphatic rings. The highest BCUT2D eigenvalue weighted by atomic mass is 35.5. The Kier molecular flexibility index (Phi) is 6.50. The van der Waals surface area contributed by atoms with Crippen molar-refractivity contribution >= 4 is 17.5 Å². The number of carbonyl (C=O) groups is 1. The zero-order valence-corrected chi connectivity index (χ0v) is 15.4. The second-order valence-corrected chi connectivity index (χ2v) is 6.77. The molecule has 0 bridgehead atoms. The summed E-state index contributed by atoms with van der Waals surface area (Å²) < 4.78 is 5.60. The third-order valence-electron chi connectivity index (χ3n) is 4.54. The Labute approximate surface area is 158 Å². The highest BCUT2D eigenvalue weighted by molar-refractivity contribution is 6.30. The van der Waals surface area contributed by atoms with Crippen molar-refractivity contribution in [1.29, 1.82) is 0 Å². The van der Waals surface area contributed by atoms with Crippen molar-refractivity contribution in [3.8, 4) is 5.75 Å². The summed E-state index contributed by atoms with van der Waals surface area (Å²) >= 11 is 5.92. The molecule has 0 atom stereocenters. The number of carbonyl (C=O) groups excluding carboxylic acids is 1. The molecule has 6 heteroatoms. The van der Waals surface area contributed by atoms with Crippen molar-refractivity contribution in [2.24, 2.45) is 0 Å². The van der Waals surface area contributed by atoms with Gasteiger partial charge in [0.1, 0.15) is 5.75 Å². The summed E-state index contributed by atoms with van der Waals surface area (Å²) in [5, 5.41) is 10.1. The number of para-hydroxylation sites is 1. The van der Waals surface area contributed by atoms with Gasteiger partial charge in [-0.3, -0.25) is 9.69 Å². The van der Waals surface area contributed by atoms with Crippen LogP contribution in [0.15, 0.2) is 48.5 Å². The van der Waals surface area contributed by atoms with Gasteiger partial charge in [0.05, 0.1) is 6.61 Å². The van der Waals surface area contributed by atoms with E-state index >= 15 is 0 Å². The second kappa shape index (κ2) is 9.03. The monoisotopic (exact) mass is 374 g/mol. The van der Waals surface area contributed by atoms with Crippen LogP contribution in [-0.2, 0) is 17.9 Å². The summed E-state index contributed by atoms with van der Waals surface area (Å²) in [6, 6.07) is 15.1. The summed E-state index contributed by atoms with van der Waals surface area (Å²) in [4.78, 5) is 16.5. The predicted octanol–water partition coefficient (Wildman–Crippen LogP) is 2.56. The van der Waals surface area contributed by atoms with Crippen molar-refractivity contribution in [1.82, 2.24) is 9.80 Å². The van der Waals surface area contributed by atoms with E-state index in [2.05, 4.69) is 4.90 Å². The molecule has 5 nitrogen and oxygen atoms in total. The molecule has 138 valence electrons. The van der Waals surface area contributed by atoms with E-state index in [1.807, 2.05) is 41.3 Å². The Balaban J connectivity index is 1.45. The van der Waals surface area contributed by atoms with Gasteiger partial charge in [-0.15, -0.1) is 0 Å². The highest BCUT2D eigenvalue weighted by Crippen LogP contribution is 2.18. The van der Waals surface area contributed by atoms with Crippen LogP contribution in [0, 0.1) is 0 Å². The minimum Gasteiger partial charge on any atom is -0.483 e. The molecule has 0 aromatic heterocycles. The number of aliphatic hydroxyl groups excluding tert-OH is 1. The van der Waals surface area contributed by atoms with Crippen molar-refractivity contribution in [2.75, 3.05) is 32.8 Å². The minimum atomic E-state index is -0.103. The lowest BCUT2D eigenvalue weighted by atomic mass is 10.2. The van der Waals surface area contributed by atoms with E-state index < -0.39 is 0 Å². The number of rotatable bonds is 6. The van der Waals surface area contributed by atoms with Crippen molar-refractivity contribution < 1.29 is 14.6 Å². The molecule has 0 unspecified atom stereocenters. The van der Waals surface area contributed by atoms with Crippen molar-refractivity contribution in [3.05, 3.63) is 64.7 Å². The number of ether oxygens (including phenoxy) is 1. The number of hydrogen-bond acceptors (Lipinski definition) is 4. The predicted molar refractivity (Wildman–Crippen MR) is 101 cm³/mol. The number of piperazine rings is 1. The first kappa shape index (κ1) is 18.7. The summed E-state index contributed by atoms with van der Waals surface area (Å²) in [7, 11) is 0. The van der Waals surface area contributed by atoms with E-state index in [1.165, 1.54) is 5.56 Å². The van der Waals surface area contributed by atoms with E-state index in [4.69, 9.17) is 16.3 Å². The molecule has 1 N–H and O–H groups in total. The third-order valence-corrected chi connectivity index (χ3v) is 4.79. The number of benzene rings is 2. The minimum absolute atomic E-state index is 0.00576. The lowest BCUT2D eigenvalue weighted by Gasteiger charge is -2.34. The van der Waals surface area contributed by atoms with Gasteiger partial charge in [0.25, 0.3) is 5.91 Å². The average molecular weight is 375 g/mol. The Morgan fingerprint density at radius 2 is 1.73 bits per heavy atom. The van der Waals surface area contributed by atoms with Gasteiger partial charge in [0, 0.05) is 43.3 Å². The maximum Gasteiger partial charge on any atom is 0.260 e. The molecule has 0 aliphatic carbocycles. The first-order valence-electron chi connectivity index (χ1n) is 8.72. The summed E-state index contributed by atoms with van der Waals surface area (Å²) in [6.07, 6.45) is 0. The van der Waals surface area contributed by atoms with Crippen LogP contribution in [0.5, 0.6) is 5.75 Å². The molecule has 0 saturated carbocycles. The molecule has 2 aromatic rings. The zero-order valence-electron chi connectivity index (χ0n) is 14.6. The van der Waals surface area contributed by atoms with Gasteiger partial charge in [0.15, 0.2) is 6.61 Å². The molecule has 1 saturated heterocycles. The van der Waals surface area contributed by atoms with Gasteiger partial charge in [-0.05, 0) is 23.8 Å². The van der Waals surface area contributed by atoms with Gasteiger partial charge in [-0.2, -0.15) is 0 Å². The van der Waals surface area contributed by atoms with Gasteiger partial charge in [-0.1, -0.05) is 41.9 Å². The van der Waals surface area contributed by atoms with Crippen LogP contribution in [0.1, 0.15) is 11.1 Å².